The summed E-state index contributed by atoms with van der Waals surface area (Å²) in [5.74, 6) is 2.52. The summed E-state index contributed by atoms with van der Waals surface area (Å²) in [7, 11) is 0. The van der Waals surface area contributed by atoms with Crippen LogP contribution in [0.3, 0.4) is 0 Å². The third-order valence-electron chi connectivity index (χ3n) is 9.38. The van der Waals surface area contributed by atoms with Crippen LogP contribution in [-0.2, 0) is 0 Å². The molecule has 0 saturated carbocycles. The minimum Gasteiger partial charge on any atom is -0.309 e. The van der Waals surface area contributed by atoms with E-state index in [1.165, 1.54) is 21.5 Å². The summed E-state index contributed by atoms with van der Waals surface area (Å²) in [6.45, 7) is 0. The molecule has 0 spiro atoms. The fraction of sp³-hybridized carbons (Fsp3) is 0. The van der Waals surface area contributed by atoms with Crippen molar-refractivity contribution >= 4 is 43.6 Å². The van der Waals surface area contributed by atoms with E-state index in [0.717, 1.165) is 44.7 Å². The molecule has 0 fully saturated rings. The van der Waals surface area contributed by atoms with Crippen molar-refractivity contribution in [3.05, 3.63) is 170 Å². The van der Waals surface area contributed by atoms with Gasteiger partial charge in [0, 0.05) is 38.4 Å². The first-order chi connectivity index (χ1) is 24.8. The highest BCUT2D eigenvalue weighted by Gasteiger charge is 2.22. The maximum absolute atomic E-state index is 5.31. The lowest BCUT2D eigenvalue weighted by Gasteiger charge is -2.11. The van der Waals surface area contributed by atoms with Gasteiger partial charge in [-0.2, -0.15) is 0 Å². The number of fused-ring (bicyclic) bond motifs is 7. The van der Waals surface area contributed by atoms with Crippen molar-refractivity contribution in [1.29, 1.82) is 0 Å². The summed E-state index contributed by atoms with van der Waals surface area (Å²) in [6.07, 6.45) is 0. The van der Waals surface area contributed by atoms with E-state index in [1.54, 1.807) is 0 Å². The van der Waals surface area contributed by atoms with Gasteiger partial charge in [0.1, 0.15) is 11.5 Å². The summed E-state index contributed by atoms with van der Waals surface area (Å²) in [5, 5.41) is 4.72. The van der Waals surface area contributed by atoms with E-state index in [2.05, 4.69) is 106 Å². The van der Waals surface area contributed by atoms with E-state index in [9.17, 15) is 0 Å². The fourth-order valence-electron chi connectivity index (χ4n) is 7.20. The molecular weight excluding hydrogens is 613 g/mol. The third-order valence-corrected chi connectivity index (χ3v) is 9.38. The number of nitrogens with zero attached hydrogens (tertiary/aromatic N) is 6. The van der Waals surface area contributed by atoms with Crippen molar-refractivity contribution in [1.82, 2.24) is 29.1 Å². The molecule has 10 aromatic rings. The van der Waals surface area contributed by atoms with E-state index in [-0.39, 0.29) is 0 Å². The summed E-state index contributed by atoms with van der Waals surface area (Å²) in [6, 6.07) is 58.5. The Morgan fingerprint density at radius 2 is 0.900 bits per heavy atom. The van der Waals surface area contributed by atoms with Gasteiger partial charge in [-0.1, -0.05) is 127 Å². The largest absolute Gasteiger partial charge is 0.309 e. The zero-order chi connectivity index (χ0) is 33.0. The minimum atomic E-state index is 0.520. The molecule has 0 amide bonds. The predicted octanol–water partition coefficient (Wildman–Crippen LogP) is 10.5. The number of hydrogen-bond donors (Lipinski definition) is 0. The van der Waals surface area contributed by atoms with Crippen LogP contribution in [0.2, 0.25) is 0 Å². The maximum Gasteiger partial charge on any atom is 0.182 e. The second-order valence-corrected chi connectivity index (χ2v) is 12.3. The summed E-state index contributed by atoms with van der Waals surface area (Å²) in [4.78, 5) is 20.2. The molecule has 0 bridgehead atoms. The zero-order valence-electron chi connectivity index (χ0n) is 26.8. The lowest BCUT2D eigenvalue weighted by Crippen LogP contribution is -2.03. The van der Waals surface area contributed by atoms with Crippen LogP contribution in [0.15, 0.2) is 170 Å². The predicted molar refractivity (Wildman–Crippen MR) is 203 cm³/mol. The van der Waals surface area contributed by atoms with Crippen LogP contribution in [-0.4, -0.2) is 29.1 Å². The van der Waals surface area contributed by atoms with Crippen LogP contribution in [0.25, 0.3) is 89.4 Å². The third kappa shape index (κ3) is 4.43. The Morgan fingerprint density at radius 1 is 0.340 bits per heavy atom. The molecule has 50 heavy (non-hydrogen) atoms. The fourth-order valence-corrected chi connectivity index (χ4v) is 7.20. The Labute approximate surface area is 287 Å². The average Bonchev–Trinajstić information content (AvgIpc) is 3.72. The van der Waals surface area contributed by atoms with Gasteiger partial charge in [-0.3, -0.25) is 4.57 Å². The molecule has 6 nitrogen and oxygen atoms in total. The minimum absolute atomic E-state index is 0.520. The molecule has 0 atom stereocenters. The molecule has 0 aliphatic rings. The van der Waals surface area contributed by atoms with Gasteiger partial charge in [0.15, 0.2) is 17.5 Å². The summed E-state index contributed by atoms with van der Waals surface area (Å²) in [5.41, 5.74) is 8.14. The van der Waals surface area contributed by atoms with Crippen molar-refractivity contribution in [2.75, 3.05) is 0 Å². The Morgan fingerprint density at radius 3 is 1.58 bits per heavy atom. The molecular formula is C44H28N6. The summed E-state index contributed by atoms with van der Waals surface area (Å²) < 4.78 is 4.66. The topological polar surface area (TPSA) is 61.4 Å². The van der Waals surface area contributed by atoms with Gasteiger partial charge in [0.25, 0.3) is 0 Å². The van der Waals surface area contributed by atoms with E-state index < -0.39 is 0 Å². The maximum atomic E-state index is 5.31. The quantitative estimate of drug-likeness (QED) is 0.188. The number of aromatic nitrogens is 6. The molecule has 0 aliphatic heterocycles. The molecule has 0 saturated heterocycles. The van der Waals surface area contributed by atoms with Gasteiger partial charge >= 0.3 is 0 Å². The van der Waals surface area contributed by atoms with Crippen molar-refractivity contribution < 1.29 is 0 Å². The number of benzene rings is 6. The second-order valence-electron chi connectivity index (χ2n) is 12.3. The number of para-hydroxylation sites is 3. The van der Waals surface area contributed by atoms with Crippen LogP contribution in [0.1, 0.15) is 0 Å². The smallest absolute Gasteiger partial charge is 0.182 e. The highest BCUT2D eigenvalue weighted by Crippen LogP contribution is 2.41. The number of pyridine rings is 1. The van der Waals surface area contributed by atoms with Crippen LogP contribution in [0.5, 0.6) is 0 Å². The van der Waals surface area contributed by atoms with Gasteiger partial charge in [-0.15, -0.1) is 0 Å². The van der Waals surface area contributed by atoms with Gasteiger partial charge < -0.3 is 4.57 Å². The molecule has 234 valence electrons. The van der Waals surface area contributed by atoms with Gasteiger partial charge in [-0.05, 0) is 42.5 Å². The second kappa shape index (κ2) is 11.4. The highest BCUT2D eigenvalue weighted by atomic mass is 15.1. The van der Waals surface area contributed by atoms with Crippen molar-refractivity contribution in [3.8, 4) is 45.8 Å². The molecule has 4 heterocycles. The Kier molecular flexibility index (Phi) is 6.39. The molecule has 6 heteroatoms. The Balaban J connectivity index is 1.25. The SMILES string of the molecule is c1ccc(-c2nc(-c3ccccc3)nc(-c3cccc(-n4c5ccccc5c5ccc6c(c7ccccc7n6-c6ccccc6)c54)n3)n2)cc1. The summed E-state index contributed by atoms with van der Waals surface area (Å²) >= 11 is 0. The van der Waals surface area contributed by atoms with E-state index in [4.69, 9.17) is 19.9 Å². The van der Waals surface area contributed by atoms with E-state index in [1.807, 2.05) is 72.8 Å². The molecule has 0 aliphatic carbocycles. The van der Waals surface area contributed by atoms with E-state index >= 15 is 0 Å². The average molecular weight is 641 g/mol. The monoisotopic (exact) mass is 640 g/mol. The van der Waals surface area contributed by atoms with Crippen LogP contribution in [0, 0.1) is 0 Å². The first kappa shape index (κ1) is 28.1. The number of hydrogen-bond acceptors (Lipinski definition) is 4. The Bertz CT molecular complexity index is 2800. The van der Waals surface area contributed by atoms with Gasteiger partial charge in [-0.25, -0.2) is 19.9 Å². The molecule has 0 unspecified atom stereocenters. The van der Waals surface area contributed by atoms with Gasteiger partial charge in [0.2, 0.25) is 0 Å². The number of rotatable bonds is 5. The zero-order valence-corrected chi connectivity index (χ0v) is 26.8. The van der Waals surface area contributed by atoms with Crippen LogP contribution < -0.4 is 0 Å². The molecule has 6 aromatic carbocycles. The Hall–Kier alpha value is -6.92. The highest BCUT2D eigenvalue weighted by molar-refractivity contribution is 6.26. The molecule has 0 radical (unpaired) electrons. The van der Waals surface area contributed by atoms with Gasteiger partial charge in [0.05, 0.1) is 22.1 Å². The lowest BCUT2D eigenvalue weighted by atomic mass is 10.1. The van der Waals surface area contributed by atoms with Crippen LogP contribution >= 0.6 is 0 Å². The standard InChI is InChI=1S/C44H28N6/c1-4-15-29(16-5-1)42-46-43(30-17-6-2-7-18-30)48-44(47-42)35-23-14-26-39(45-35)50-36-24-12-10-21-32(36)33-27-28-38-40(41(33)50)34-22-11-13-25-37(34)49(38)31-19-8-3-9-20-31/h1-28H. The molecule has 10 rings (SSSR count). The molecule has 0 N–H and O–H groups in total. The van der Waals surface area contributed by atoms with Crippen LogP contribution in [0.4, 0.5) is 0 Å². The van der Waals surface area contributed by atoms with E-state index in [0.29, 0.717) is 23.2 Å². The molecule has 4 aromatic heterocycles. The normalized spacial score (nSPS) is 11.6. The first-order valence-corrected chi connectivity index (χ1v) is 16.7. The first-order valence-electron chi connectivity index (χ1n) is 16.7. The lowest BCUT2D eigenvalue weighted by molar-refractivity contribution is 1.03. The van der Waals surface area contributed by atoms with Crippen molar-refractivity contribution in [2.24, 2.45) is 0 Å². The van der Waals surface area contributed by atoms with Crippen molar-refractivity contribution in [3.63, 3.8) is 0 Å². The van der Waals surface area contributed by atoms with Crippen molar-refractivity contribution in [2.45, 2.75) is 0 Å².